The van der Waals surface area contributed by atoms with E-state index in [-0.39, 0.29) is 38.9 Å². The molecule has 0 fully saturated rings. The molecule has 0 N–H and O–H groups in total. The second kappa shape index (κ2) is 17.0. The summed E-state index contributed by atoms with van der Waals surface area (Å²) in [5.74, 6) is -2.65. The highest BCUT2D eigenvalue weighted by Crippen LogP contribution is 2.28. The minimum absolute atomic E-state index is 0.105. The van der Waals surface area contributed by atoms with E-state index in [1.807, 2.05) is 0 Å². The lowest BCUT2D eigenvalue weighted by molar-refractivity contribution is -0.152. The van der Waals surface area contributed by atoms with E-state index in [1.54, 1.807) is 74.5 Å². The summed E-state index contributed by atoms with van der Waals surface area (Å²) >= 11 is 6.66. The van der Waals surface area contributed by atoms with Crippen molar-refractivity contribution in [1.29, 1.82) is 0 Å². The Morgan fingerprint density at radius 2 is 0.947 bits per heavy atom. The van der Waals surface area contributed by atoms with Crippen molar-refractivity contribution in [2.75, 3.05) is 13.2 Å². The van der Waals surface area contributed by atoms with E-state index in [4.69, 9.17) is 18.9 Å². The lowest BCUT2D eigenvalue weighted by Gasteiger charge is -2.22. The fraction of sp³-hybridized carbons (Fsp3) is 0.429. The molecule has 4 atom stereocenters. The Hall–Kier alpha value is -2.72. The van der Waals surface area contributed by atoms with Crippen molar-refractivity contribution in [2.45, 2.75) is 49.2 Å². The van der Waals surface area contributed by atoms with Gasteiger partial charge < -0.3 is 18.9 Å². The first-order valence-corrected chi connectivity index (χ1v) is 14.2. The summed E-state index contributed by atoms with van der Waals surface area (Å²) in [5.41, 5.74) is 0. The van der Waals surface area contributed by atoms with Gasteiger partial charge in [0.2, 0.25) is 0 Å². The maximum absolute atomic E-state index is 12.7. The zero-order chi connectivity index (χ0) is 27.9. The molecule has 0 amide bonds. The van der Waals surface area contributed by atoms with Crippen LogP contribution in [0.1, 0.15) is 39.5 Å². The second-order valence-electron chi connectivity index (χ2n) is 8.35. The Balaban J connectivity index is 2.05. The molecule has 0 saturated carbocycles. The molecule has 0 aliphatic rings. The number of alkyl halides is 2. The Morgan fingerprint density at radius 1 is 0.605 bits per heavy atom. The first-order chi connectivity index (χ1) is 18.2. The molecule has 0 radical (unpaired) electrons. The van der Waals surface area contributed by atoms with E-state index in [0.29, 0.717) is 11.5 Å². The molecule has 2 aromatic rings. The Bertz CT molecular complexity index is 948. The van der Waals surface area contributed by atoms with Crippen molar-refractivity contribution in [3.8, 4) is 11.5 Å². The van der Waals surface area contributed by atoms with E-state index in [0.717, 1.165) is 0 Å². The van der Waals surface area contributed by atoms with Crippen molar-refractivity contribution in [3.63, 3.8) is 0 Å². The highest BCUT2D eigenvalue weighted by Gasteiger charge is 2.32. The monoisotopic (exact) mass is 654 g/mol. The number of rotatable bonds is 15. The van der Waals surface area contributed by atoms with E-state index in [2.05, 4.69) is 31.9 Å². The maximum atomic E-state index is 12.7. The summed E-state index contributed by atoms with van der Waals surface area (Å²) in [4.78, 5) is 49.0. The van der Waals surface area contributed by atoms with Gasteiger partial charge in [-0.3, -0.25) is 19.2 Å². The summed E-state index contributed by atoms with van der Waals surface area (Å²) in [6.45, 7) is 3.73. The molecule has 0 bridgehead atoms. The van der Waals surface area contributed by atoms with Gasteiger partial charge in [-0.1, -0.05) is 68.3 Å². The summed E-state index contributed by atoms with van der Waals surface area (Å²) in [7, 11) is 0. The van der Waals surface area contributed by atoms with E-state index >= 15 is 0 Å². The van der Waals surface area contributed by atoms with Gasteiger partial charge in [0.15, 0.2) is 0 Å². The van der Waals surface area contributed by atoms with Crippen LogP contribution >= 0.6 is 31.9 Å². The summed E-state index contributed by atoms with van der Waals surface area (Å²) in [6, 6.07) is 17.2. The van der Waals surface area contributed by atoms with Crippen LogP contribution in [0.25, 0.3) is 0 Å². The number of hydrogen-bond acceptors (Lipinski definition) is 8. The number of para-hydroxylation sites is 2. The average Bonchev–Trinajstić information content (AvgIpc) is 2.91. The number of carbonyl (C=O) groups is 4. The first-order valence-electron chi connectivity index (χ1n) is 12.4. The molecular formula is C28H32Br2O8. The molecule has 4 unspecified atom stereocenters. The van der Waals surface area contributed by atoms with Crippen LogP contribution in [0, 0.1) is 11.8 Å². The number of hydrogen-bond donors (Lipinski definition) is 0. The van der Waals surface area contributed by atoms with Crippen molar-refractivity contribution < 1.29 is 38.1 Å². The van der Waals surface area contributed by atoms with Crippen LogP contribution in [-0.2, 0) is 28.7 Å². The van der Waals surface area contributed by atoms with E-state index in [1.165, 1.54) is 0 Å². The summed E-state index contributed by atoms with van der Waals surface area (Å²) < 4.78 is 21.2. The third-order valence-corrected chi connectivity index (χ3v) is 7.02. The summed E-state index contributed by atoms with van der Waals surface area (Å²) in [6.07, 6.45) is 0.675. The molecule has 0 saturated heterocycles. The topological polar surface area (TPSA) is 105 Å². The SMILES string of the molecule is CCOC(=O)C(CCC(CC(Br)C(=O)Oc1ccccc1)C(=O)OCC)CC(Br)C(=O)Oc1ccccc1. The van der Waals surface area contributed by atoms with Crippen LogP contribution in [0.4, 0.5) is 0 Å². The highest BCUT2D eigenvalue weighted by atomic mass is 79.9. The molecule has 2 aromatic carbocycles. The van der Waals surface area contributed by atoms with Crippen molar-refractivity contribution >= 4 is 55.7 Å². The smallest absolute Gasteiger partial charge is 0.325 e. The maximum Gasteiger partial charge on any atom is 0.325 e. The predicted molar refractivity (Wildman–Crippen MR) is 148 cm³/mol. The predicted octanol–water partition coefficient (Wildman–Crippen LogP) is 5.64. The van der Waals surface area contributed by atoms with Gasteiger partial charge >= 0.3 is 23.9 Å². The third kappa shape index (κ3) is 10.9. The van der Waals surface area contributed by atoms with Crippen molar-refractivity contribution in [3.05, 3.63) is 60.7 Å². The highest BCUT2D eigenvalue weighted by molar-refractivity contribution is 9.10. The average molecular weight is 656 g/mol. The zero-order valence-electron chi connectivity index (χ0n) is 21.3. The molecule has 0 aliphatic carbocycles. The molecule has 38 heavy (non-hydrogen) atoms. The number of halogens is 2. The molecule has 0 heterocycles. The number of ether oxygens (including phenoxy) is 4. The van der Waals surface area contributed by atoms with Gasteiger partial charge in [-0.05, 0) is 63.8 Å². The van der Waals surface area contributed by atoms with Crippen LogP contribution in [0.5, 0.6) is 11.5 Å². The number of carbonyl (C=O) groups excluding carboxylic acids is 4. The van der Waals surface area contributed by atoms with E-state index < -0.39 is 45.4 Å². The normalized spacial score (nSPS) is 13.9. The molecule has 206 valence electrons. The number of benzene rings is 2. The Kier molecular flexibility index (Phi) is 14.1. The largest absolute Gasteiger partial charge is 0.466 e. The van der Waals surface area contributed by atoms with Crippen molar-refractivity contribution in [1.82, 2.24) is 0 Å². The van der Waals surface area contributed by atoms with Crippen LogP contribution < -0.4 is 9.47 Å². The van der Waals surface area contributed by atoms with Gasteiger partial charge in [-0.25, -0.2) is 0 Å². The Morgan fingerprint density at radius 3 is 1.26 bits per heavy atom. The quantitative estimate of drug-likeness (QED) is 0.138. The molecular weight excluding hydrogens is 624 g/mol. The fourth-order valence-electron chi connectivity index (χ4n) is 3.62. The molecule has 10 heteroatoms. The van der Waals surface area contributed by atoms with Crippen LogP contribution in [0.15, 0.2) is 60.7 Å². The van der Waals surface area contributed by atoms with Gasteiger partial charge in [0, 0.05) is 0 Å². The van der Waals surface area contributed by atoms with Crippen molar-refractivity contribution in [2.24, 2.45) is 11.8 Å². The zero-order valence-corrected chi connectivity index (χ0v) is 24.5. The van der Waals surface area contributed by atoms with E-state index in [9.17, 15) is 19.2 Å². The standard InChI is InChI=1S/C28H32Br2O8/c1-3-35-25(31)19(17-23(29)27(33)37-21-11-7-5-8-12-21)15-16-20(26(32)36-4-2)18-24(30)28(34)38-22-13-9-6-10-14-22/h5-14,19-20,23-24H,3-4,15-18H2,1-2H3. The van der Waals surface area contributed by atoms with Gasteiger partial charge in [-0.2, -0.15) is 0 Å². The summed E-state index contributed by atoms with van der Waals surface area (Å²) in [5, 5.41) is 0. The lowest BCUT2D eigenvalue weighted by atomic mass is 9.90. The molecule has 0 aromatic heterocycles. The van der Waals surface area contributed by atoms with Gasteiger partial charge in [0.1, 0.15) is 21.2 Å². The molecule has 2 rings (SSSR count). The minimum Gasteiger partial charge on any atom is -0.466 e. The van der Waals surface area contributed by atoms with Crippen LogP contribution in [0.2, 0.25) is 0 Å². The molecule has 0 spiro atoms. The van der Waals surface area contributed by atoms with Gasteiger partial charge in [0.05, 0.1) is 25.0 Å². The third-order valence-electron chi connectivity index (χ3n) is 5.52. The second-order valence-corrected chi connectivity index (χ2v) is 10.6. The number of esters is 4. The Labute approximate surface area is 239 Å². The lowest BCUT2D eigenvalue weighted by Crippen LogP contribution is -2.30. The van der Waals surface area contributed by atoms with Crippen LogP contribution in [0.3, 0.4) is 0 Å². The molecule has 8 nitrogen and oxygen atoms in total. The van der Waals surface area contributed by atoms with Gasteiger partial charge in [0.25, 0.3) is 0 Å². The first kappa shape index (κ1) is 31.5. The molecule has 0 aliphatic heterocycles. The van der Waals surface area contributed by atoms with Gasteiger partial charge in [-0.15, -0.1) is 0 Å². The fourth-order valence-corrected chi connectivity index (χ4v) is 4.71. The van der Waals surface area contributed by atoms with Crippen LogP contribution in [-0.4, -0.2) is 46.7 Å². The minimum atomic E-state index is -0.775.